The molecule has 12 heteroatoms. The third-order valence-corrected chi connectivity index (χ3v) is 8.71. The fourth-order valence-corrected chi connectivity index (χ4v) is 6.32. The topological polar surface area (TPSA) is 132 Å². The van der Waals surface area contributed by atoms with Crippen LogP contribution < -0.4 is 10.9 Å². The molecule has 0 bridgehead atoms. The van der Waals surface area contributed by atoms with E-state index in [4.69, 9.17) is 16.3 Å². The number of imide groups is 1. The van der Waals surface area contributed by atoms with Gasteiger partial charge in [-0.1, -0.05) is 35.9 Å². The number of fused-ring (bicyclic) bond motifs is 2. The summed E-state index contributed by atoms with van der Waals surface area (Å²) in [4.78, 5) is 58.9. The molecule has 0 unspecified atom stereocenters. The van der Waals surface area contributed by atoms with Crippen molar-refractivity contribution >= 4 is 40.4 Å². The minimum atomic E-state index is -0.264. The molecule has 5 aromatic rings. The zero-order chi connectivity index (χ0) is 31.9. The number of amides is 2. The van der Waals surface area contributed by atoms with Crippen LogP contribution in [0.5, 0.6) is 0 Å². The average molecular weight is 636 g/mol. The summed E-state index contributed by atoms with van der Waals surface area (Å²) in [5, 5.41) is 4.18. The molecule has 7 rings (SSSR count). The fraction of sp³-hybridized carbons (Fsp3) is 0.265. The summed E-state index contributed by atoms with van der Waals surface area (Å²) < 4.78 is 7.72. The summed E-state index contributed by atoms with van der Waals surface area (Å²) in [7, 11) is 0. The number of anilines is 1. The molecule has 1 saturated carbocycles. The molecule has 1 aliphatic heterocycles. The van der Waals surface area contributed by atoms with E-state index in [2.05, 4.69) is 25.3 Å². The van der Waals surface area contributed by atoms with Gasteiger partial charge in [0, 0.05) is 52.1 Å². The van der Waals surface area contributed by atoms with Gasteiger partial charge in [0.15, 0.2) is 0 Å². The number of rotatable bonds is 9. The molecule has 4 heterocycles. The summed E-state index contributed by atoms with van der Waals surface area (Å²) in [6.07, 6.45) is 5.98. The maximum absolute atomic E-state index is 14.0. The van der Waals surface area contributed by atoms with E-state index in [-0.39, 0.29) is 42.7 Å². The van der Waals surface area contributed by atoms with Crippen LogP contribution in [0.2, 0.25) is 5.02 Å². The van der Waals surface area contributed by atoms with Crippen LogP contribution in [0.4, 0.5) is 5.95 Å². The number of ether oxygens (including phenoxy) is 1. The van der Waals surface area contributed by atoms with Crippen LogP contribution in [0.25, 0.3) is 33.4 Å². The molecule has 2 aliphatic rings. The number of aryl methyl sites for hydroxylation is 1. The van der Waals surface area contributed by atoms with E-state index in [1.165, 1.54) is 4.90 Å². The number of halogens is 1. The van der Waals surface area contributed by atoms with Crippen molar-refractivity contribution in [3.63, 3.8) is 0 Å². The molecule has 11 nitrogen and oxygen atoms in total. The molecule has 2 amide bonds. The third kappa shape index (κ3) is 5.31. The van der Waals surface area contributed by atoms with Crippen LogP contribution in [0.15, 0.2) is 71.9 Å². The van der Waals surface area contributed by atoms with Gasteiger partial charge in [-0.25, -0.2) is 9.97 Å². The standard InChI is InChI=1S/C34H30ClN7O4/c1-3-37-34-38-17-21-12-27(24-9-8-20(13-28(24)35)29-18-36-16-19(2)39-29)31(43)41(30(21)40-34)10-11-46-23-14-22(15-23)42-32(44)25-6-4-5-7-26(25)33(42)45/h4-9,12-13,16-18,22-23H,3,10-11,14-15H2,1-2H3,(H,37,38,40). The second-order valence-corrected chi connectivity index (χ2v) is 11.8. The molecule has 1 N–H and O–H groups in total. The van der Waals surface area contributed by atoms with Crippen molar-refractivity contribution in [3.05, 3.63) is 99.3 Å². The van der Waals surface area contributed by atoms with Gasteiger partial charge in [-0.2, -0.15) is 4.98 Å². The van der Waals surface area contributed by atoms with Crippen molar-refractivity contribution in [2.24, 2.45) is 0 Å². The first-order valence-corrected chi connectivity index (χ1v) is 15.5. The highest BCUT2D eigenvalue weighted by molar-refractivity contribution is 6.33. The molecule has 3 aromatic heterocycles. The van der Waals surface area contributed by atoms with Gasteiger partial charge in [-0.3, -0.25) is 28.8 Å². The van der Waals surface area contributed by atoms with Gasteiger partial charge in [0.1, 0.15) is 5.65 Å². The second-order valence-electron chi connectivity index (χ2n) is 11.4. The first kappa shape index (κ1) is 29.7. The number of nitrogens with zero attached hydrogens (tertiary/aromatic N) is 6. The van der Waals surface area contributed by atoms with Crippen LogP contribution in [0.1, 0.15) is 46.2 Å². The van der Waals surface area contributed by atoms with Crippen LogP contribution in [-0.2, 0) is 11.3 Å². The zero-order valence-corrected chi connectivity index (χ0v) is 26.0. The molecule has 232 valence electrons. The van der Waals surface area contributed by atoms with Gasteiger partial charge in [0.25, 0.3) is 17.4 Å². The maximum Gasteiger partial charge on any atom is 0.261 e. The van der Waals surface area contributed by atoms with Gasteiger partial charge in [-0.05, 0) is 51.0 Å². The lowest BCUT2D eigenvalue weighted by Crippen LogP contribution is -2.50. The Morgan fingerprint density at radius 1 is 0.935 bits per heavy atom. The van der Waals surface area contributed by atoms with E-state index in [0.717, 1.165) is 11.3 Å². The first-order valence-electron chi connectivity index (χ1n) is 15.1. The lowest BCUT2D eigenvalue weighted by molar-refractivity contribution is -0.0401. The summed E-state index contributed by atoms with van der Waals surface area (Å²) in [5.74, 6) is -0.0941. The van der Waals surface area contributed by atoms with E-state index in [9.17, 15) is 14.4 Å². The summed E-state index contributed by atoms with van der Waals surface area (Å²) in [6, 6.07) is 13.9. The van der Waals surface area contributed by atoms with E-state index >= 15 is 0 Å². The van der Waals surface area contributed by atoms with E-state index < -0.39 is 0 Å². The third-order valence-electron chi connectivity index (χ3n) is 8.40. The molecule has 0 saturated heterocycles. The van der Waals surface area contributed by atoms with Crippen molar-refractivity contribution in [1.29, 1.82) is 0 Å². The van der Waals surface area contributed by atoms with Crippen LogP contribution in [0, 0.1) is 6.92 Å². The lowest BCUT2D eigenvalue weighted by atomic mass is 9.88. The van der Waals surface area contributed by atoms with Gasteiger partial charge in [0.2, 0.25) is 5.95 Å². The van der Waals surface area contributed by atoms with Crippen molar-refractivity contribution in [2.45, 2.75) is 45.4 Å². The number of pyridine rings is 1. The lowest BCUT2D eigenvalue weighted by Gasteiger charge is -2.39. The van der Waals surface area contributed by atoms with Crippen molar-refractivity contribution in [3.8, 4) is 22.4 Å². The van der Waals surface area contributed by atoms with E-state index in [1.54, 1.807) is 59.6 Å². The van der Waals surface area contributed by atoms with Gasteiger partial charge < -0.3 is 10.1 Å². The number of aromatic nitrogens is 5. The second kappa shape index (κ2) is 12.1. The molecule has 0 atom stereocenters. The molecule has 0 spiro atoms. The van der Waals surface area contributed by atoms with Gasteiger partial charge >= 0.3 is 0 Å². The van der Waals surface area contributed by atoms with E-state index in [0.29, 0.717) is 69.3 Å². The number of nitrogens with one attached hydrogen (secondary N) is 1. The number of hydrogen-bond donors (Lipinski definition) is 1. The summed E-state index contributed by atoms with van der Waals surface area (Å²) >= 11 is 6.77. The molecule has 0 radical (unpaired) electrons. The molecule has 2 aromatic carbocycles. The smallest absolute Gasteiger partial charge is 0.261 e. The minimum Gasteiger partial charge on any atom is -0.376 e. The summed E-state index contributed by atoms with van der Waals surface area (Å²) in [6.45, 7) is 4.90. The van der Waals surface area contributed by atoms with Crippen molar-refractivity contribution in [1.82, 2.24) is 29.4 Å². The summed E-state index contributed by atoms with van der Waals surface area (Å²) in [5.41, 5.74) is 4.35. The molecule has 1 aliphatic carbocycles. The number of carbonyl (C=O) groups is 2. The molecule has 1 fully saturated rings. The predicted octanol–water partition coefficient (Wildman–Crippen LogP) is 5.15. The van der Waals surface area contributed by atoms with Crippen LogP contribution in [-0.4, -0.2) is 66.5 Å². The van der Waals surface area contributed by atoms with Crippen molar-refractivity contribution in [2.75, 3.05) is 18.5 Å². The Kier molecular flexibility index (Phi) is 7.79. The molecular formula is C34H30ClN7O4. The normalized spacial score (nSPS) is 17.3. The monoisotopic (exact) mass is 635 g/mol. The van der Waals surface area contributed by atoms with Gasteiger partial charge in [0.05, 0.1) is 48.0 Å². The fourth-order valence-electron chi connectivity index (χ4n) is 6.03. The van der Waals surface area contributed by atoms with Crippen LogP contribution in [0.3, 0.4) is 0 Å². The Bertz CT molecular complexity index is 2040. The first-order chi connectivity index (χ1) is 22.3. The quantitative estimate of drug-likeness (QED) is 0.218. The number of benzene rings is 2. The Hall–Kier alpha value is -5.00. The SMILES string of the molecule is CCNc1ncc2cc(-c3ccc(-c4cncc(C)n4)cc3Cl)c(=O)n(CCOC3CC(N4C(=O)c5ccccc5C4=O)C3)c2n1. The number of hydrogen-bond acceptors (Lipinski definition) is 9. The Morgan fingerprint density at radius 3 is 2.39 bits per heavy atom. The Morgan fingerprint density at radius 2 is 1.70 bits per heavy atom. The molecular weight excluding hydrogens is 606 g/mol. The van der Waals surface area contributed by atoms with Crippen LogP contribution >= 0.6 is 11.6 Å². The molecule has 46 heavy (non-hydrogen) atoms. The minimum absolute atomic E-state index is 0.141. The Labute approximate surface area is 269 Å². The largest absolute Gasteiger partial charge is 0.376 e. The number of carbonyl (C=O) groups excluding carboxylic acids is 2. The van der Waals surface area contributed by atoms with Crippen molar-refractivity contribution < 1.29 is 14.3 Å². The zero-order valence-electron chi connectivity index (χ0n) is 25.2. The van der Waals surface area contributed by atoms with Gasteiger partial charge in [-0.15, -0.1) is 0 Å². The van der Waals surface area contributed by atoms with E-state index in [1.807, 2.05) is 26.0 Å². The highest BCUT2D eigenvalue weighted by Crippen LogP contribution is 2.35. The highest BCUT2D eigenvalue weighted by Gasteiger charge is 2.45. The highest BCUT2D eigenvalue weighted by atomic mass is 35.5. The Balaban J connectivity index is 1.12. The predicted molar refractivity (Wildman–Crippen MR) is 174 cm³/mol. The maximum atomic E-state index is 14.0. The average Bonchev–Trinajstić information content (AvgIpc) is 3.28.